The van der Waals surface area contributed by atoms with Crippen molar-refractivity contribution in [2.75, 3.05) is 30.9 Å². The molecule has 1 aromatic carbocycles. The fourth-order valence-electron chi connectivity index (χ4n) is 2.73. The van der Waals surface area contributed by atoms with Crippen molar-refractivity contribution in [1.82, 2.24) is 10.2 Å². The fraction of sp³-hybridized carbons (Fsp3) is 0.412. The molecule has 0 bridgehead atoms. The maximum atomic E-state index is 5.90. The molecule has 0 saturated carbocycles. The van der Waals surface area contributed by atoms with Crippen LogP contribution in [0.3, 0.4) is 0 Å². The van der Waals surface area contributed by atoms with E-state index in [9.17, 15) is 0 Å². The summed E-state index contributed by atoms with van der Waals surface area (Å²) in [5, 5.41) is 9.53. The number of benzene rings is 1. The molecule has 22 heavy (non-hydrogen) atoms. The van der Waals surface area contributed by atoms with Gasteiger partial charge < -0.3 is 9.64 Å². The van der Waals surface area contributed by atoms with Crippen molar-refractivity contribution in [1.29, 1.82) is 0 Å². The lowest BCUT2D eigenvalue weighted by Crippen LogP contribution is -2.38. The highest BCUT2D eigenvalue weighted by Gasteiger charge is 2.21. The average molecular weight is 315 g/mol. The quantitative estimate of drug-likeness (QED) is 0.790. The van der Waals surface area contributed by atoms with Crippen molar-refractivity contribution < 1.29 is 4.74 Å². The molecule has 1 aliphatic heterocycles. The molecule has 3 rings (SSSR count). The number of hydrogen-bond acceptors (Lipinski definition) is 5. The first-order valence-electron chi connectivity index (χ1n) is 7.65. The first-order valence-corrected chi connectivity index (χ1v) is 8.88. The number of rotatable bonds is 5. The van der Waals surface area contributed by atoms with Crippen LogP contribution in [0, 0.1) is 5.92 Å². The average Bonchev–Trinajstić information content (AvgIpc) is 2.61. The second-order valence-corrected chi connectivity index (χ2v) is 6.34. The van der Waals surface area contributed by atoms with Gasteiger partial charge in [-0.3, -0.25) is 0 Å². The van der Waals surface area contributed by atoms with Crippen LogP contribution in [0.5, 0.6) is 5.75 Å². The third-order valence-electron chi connectivity index (χ3n) is 3.91. The van der Waals surface area contributed by atoms with Gasteiger partial charge in [0.25, 0.3) is 0 Å². The van der Waals surface area contributed by atoms with E-state index in [-0.39, 0.29) is 0 Å². The molecule has 5 heteroatoms. The molecule has 2 aromatic rings. The molecule has 0 radical (unpaired) electrons. The van der Waals surface area contributed by atoms with Crippen molar-refractivity contribution >= 4 is 17.6 Å². The second-order valence-electron chi connectivity index (χ2n) is 5.51. The number of aromatic nitrogens is 2. The number of anilines is 1. The molecular formula is C17H21N3OS. The van der Waals surface area contributed by atoms with Gasteiger partial charge in [0, 0.05) is 19.0 Å². The lowest BCUT2D eigenvalue weighted by atomic mass is 9.99. The van der Waals surface area contributed by atoms with E-state index in [1.165, 1.54) is 12.8 Å². The number of ether oxygens (including phenoxy) is 1. The third-order valence-corrected chi connectivity index (χ3v) is 4.54. The van der Waals surface area contributed by atoms with Gasteiger partial charge in [0.1, 0.15) is 10.8 Å². The zero-order valence-electron chi connectivity index (χ0n) is 12.8. The Morgan fingerprint density at radius 3 is 2.77 bits per heavy atom. The lowest BCUT2D eigenvalue weighted by Gasteiger charge is -2.33. The number of thioether (sulfide) groups is 1. The minimum atomic E-state index is 0.538. The molecule has 1 fully saturated rings. The summed E-state index contributed by atoms with van der Waals surface area (Å²) in [4.78, 5) is 2.32. The Labute approximate surface area is 135 Å². The predicted molar refractivity (Wildman–Crippen MR) is 90.7 cm³/mol. The van der Waals surface area contributed by atoms with E-state index in [0.717, 1.165) is 36.3 Å². The van der Waals surface area contributed by atoms with Crippen LogP contribution in [0.2, 0.25) is 0 Å². The van der Waals surface area contributed by atoms with Gasteiger partial charge in [-0.25, -0.2) is 0 Å². The van der Waals surface area contributed by atoms with E-state index in [1.54, 1.807) is 11.8 Å². The van der Waals surface area contributed by atoms with E-state index >= 15 is 0 Å². The van der Waals surface area contributed by atoms with Gasteiger partial charge in [-0.15, -0.1) is 22.0 Å². The van der Waals surface area contributed by atoms with Crippen LogP contribution >= 0.6 is 11.8 Å². The van der Waals surface area contributed by atoms with Crippen LogP contribution in [0.4, 0.5) is 5.82 Å². The zero-order chi connectivity index (χ0) is 15.2. The molecule has 4 nitrogen and oxygen atoms in total. The summed E-state index contributed by atoms with van der Waals surface area (Å²) in [6.07, 6.45) is 4.40. The van der Waals surface area contributed by atoms with Gasteiger partial charge in [0.05, 0.1) is 6.61 Å². The highest BCUT2D eigenvalue weighted by Crippen LogP contribution is 2.23. The largest absolute Gasteiger partial charge is 0.493 e. The number of para-hydroxylation sites is 1. The standard InChI is InChI=1S/C17H21N3OS/c1-22-17-10-9-16(18-19-17)20-11-5-6-14(12-20)13-21-15-7-3-2-4-8-15/h2-4,7-10,14H,5-6,11-13H2,1H3. The normalized spacial score (nSPS) is 18.2. The van der Waals surface area contributed by atoms with Crippen LogP contribution < -0.4 is 9.64 Å². The Kier molecular flexibility index (Phi) is 5.16. The van der Waals surface area contributed by atoms with Crippen molar-refractivity contribution in [3.63, 3.8) is 0 Å². The van der Waals surface area contributed by atoms with Gasteiger partial charge in [0.15, 0.2) is 5.82 Å². The molecule has 0 N–H and O–H groups in total. The number of nitrogens with zero attached hydrogens (tertiary/aromatic N) is 3. The fourth-order valence-corrected chi connectivity index (χ4v) is 3.06. The molecular weight excluding hydrogens is 294 g/mol. The van der Waals surface area contributed by atoms with Gasteiger partial charge in [-0.1, -0.05) is 18.2 Å². The van der Waals surface area contributed by atoms with Gasteiger partial charge in [-0.05, 0) is 43.4 Å². The molecule has 1 saturated heterocycles. The SMILES string of the molecule is CSc1ccc(N2CCCC(COc3ccccc3)C2)nn1. The minimum absolute atomic E-state index is 0.538. The predicted octanol–water partition coefficient (Wildman–Crippen LogP) is 3.49. The third kappa shape index (κ3) is 3.91. The van der Waals surface area contributed by atoms with Crippen molar-refractivity contribution in [3.05, 3.63) is 42.5 Å². The molecule has 2 heterocycles. The molecule has 1 aliphatic rings. The summed E-state index contributed by atoms with van der Waals surface area (Å²) < 4.78 is 5.90. The van der Waals surface area contributed by atoms with E-state index in [0.29, 0.717) is 5.92 Å². The number of piperidine rings is 1. The molecule has 116 valence electrons. The summed E-state index contributed by atoms with van der Waals surface area (Å²) in [6.45, 7) is 2.80. The van der Waals surface area contributed by atoms with Crippen molar-refractivity contribution in [2.24, 2.45) is 5.92 Å². The smallest absolute Gasteiger partial charge is 0.151 e. The van der Waals surface area contributed by atoms with Crippen LogP contribution in [0.25, 0.3) is 0 Å². The van der Waals surface area contributed by atoms with E-state index in [1.807, 2.05) is 42.7 Å². The van der Waals surface area contributed by atoms with Crippen molar-refractivity contribution in [2.45, 2.75) is 17.9 Å². The highest BCUT2D eigenvalue weighted by atomic mass is 32.2. The first kappa shape index (κ1) is 15.2. The highest BCUT2D eigenvalue weighted by molar-refractivity contribution is 7.98. The minimum Gasteiger partial charge on any atom is -0.493 e. The molecule has 0 aliphatic carbocycles. The van der Waals surface area contributed by atoms with Crippen LogP contribution in [-0.4, -0.2) is 36.1 Å². The summed E-state index contributed by atoms with van der Waals surface area (Å²) >= 11 is 1.62. The van der Waals surface area contributed by atoms with Crippen molar-refractivity contribution in [3.8, 4) is 5.75 Å². The molecule has 1 aromatic heterocycles. The van der Waals surface area contributed by atoms with Gasteiger partial charge in [0.2, 0.25) is 0 Å². The Morgan fingerprint density at radius 1 is 1.18 bits per heavy atom. The lowest BCUT2D eigenvalue weighted by molar-refractivity contribution is 0.228. The van der Waals surface area contributed by atoms with Crippen LogP contribution in [0.15, 0.2) is 47.5 Å². The molecule has 1 atom stereocenters. The van der Waals surface area contributed by atoms with Gasteiger partial charge in [-0.2, -0.15) is 0 Å². The second kappa shape index (κ2) is 7.49. The van der Waals surface area contributed by atoms with Gasteiger partial charge >= 0.3 is 0 Å². The molecule has 0 spiro atoms. The summed E-state index contributed by atoms with van der Waals surface area (Å²) in [5.74, 6) is 2.46. The van der Waals surface area contributed by atoms with E-state index in [2.05, 4.69) is 21.2 Å². The maximum absolute atomic E-state index is 5.90. The summed E-state index contributed by atoms with van der Waals surface area (Å²) in [6, 6.07) is 14.1. The van der Waals surface area contributed by atoms with Crippen LogP contribution in [0.1, 0.15) is 12.8 Å². The van der Waals surface area contributed by atoms with E-state index in [4.69, 9.17) is 4.74 Å². The monoisotopic (exact) mass is 315 g/mol. The maximum Gasteiger partial charge on any atom is 0.151 e. The topological polar surface area (TPSA) is 38.2 Å². The van der Waals surface area contributed by atoms with E-state index < -0.39 is 0 Å². The van der Waals surface area contributed by atoms with Crippen LogP contribution in [-0.2, 0) is 0 Å². The Morgan fingerprint density at radius 2 is 2.05 bits per heavy atom. The Hall–Kier alpha value is -1.75. The molecule has 1 unspecified atom stereocenters. The summed E-state index contributed by atoms with van der Waals surface area (Å²) in [5.41, 5.74) is 0. The zero-order valence-corrected chi connectivity index (χ0v) is 13.6. The first-order chi connectivity index (χ1) is 10.8. The number of hydrogen-bond donors (Lipinski definition) is 0. The molecule has 0 amide bonds. The summed E-state index contributed by atoms with van der Waals surface area (Å²) in [7, 11) is 0. The Bertz CT molecular complexity index is 576. The Balaban J connectivity index is 1.56.